The lowest BCUT2D eigenvalue weighted by atomic mass is 10.1. The van der Waals surface area contributed by atoms with Gasteiger partial charge in [0.25, 0.3) is 5.91 Å². The molecule has 0 spiro atoms. The van der Waals surface area contributed by atoms with Crippen LogP contribution in [0.3, 0.4) is 0 Å². The average molecular weight is 346 g/mol. The molecule has 134 valence electrons. The number of carboxylic acids is 1. The maximum atomic E-state index is 12.8. The molecule has 1 unspecified atom stereocenters. The first-order chi connectivity index (χ1) is 12.0. The van der Waals surface area contributed by atoms with E-state index < -0.39 is 12.1 Å². The highest BCUT2D eigenvalue weighted by Crippen LogP contribution is 2.21. The molecule has 0 radical (unpaired) electrons. The van der Waals surface area contributed by atoms with Crippen LogP contribution in [0.4, 0.5) is 0 Å². The smallest absolute Gasteiger partial charge is 0.305 e. The summed E-state index contributed by atoms with van der Waals surface area (Å²) >= 11 is 0. The van der Waals surface area contributed by atoms with Gasteiger partial charge in [0.1, 0.15) is 11.8 Å². The Morgan fingerprint density at radius 3 is 2.72 bits per heavy atom. The molecule has 0 aromatic heterocycles. The molecule has 1 aliphatic rings. The van der Waals surface area contributed by atoms with Crippen LogP contribution in [0.1, 0.15) is 31.7 Å². The summed E-state index contributed by atoms with van der Waals surface area (Å²) in [6.45, 7) is 2.85. The zero-order chi connectivity index (χ0) is 18.2. The van der Waals surface area contributed by atoms with E-state index in [-0.39, 0.29) is 24.9 Å². The van der Waals surface area contributed by atoms with Crippen molar-refractivity contribution in [3.63, 3.8) is 0 Å². The number of amides is 1. The molecule has 1 aromatic rings. The highest BCUT2D eigenvalue weighted by Gasteiger charge is 2.30. The van der Waals surface area contributed by atoms with Crippen LogP contribution in [0, 0.1) is 11.3 Å². The van der Waals surface area contributed by atoms with E-state index in [0.29, 0.717) is 37.4 Å². The van der Waals surface area contributed by atoms with Gasteiger partial charge in [0, 0.05) is 25.8 Å². The summed E-state index contributed by atoms with van der Waals surface area (Å²) < 4.78 is 11.0. The monoisotopic (exact) mass is 346 g/mol. The molecular weight excluding hydrogens is 324 g/mol. The minimum Gasteiger partial charge on any atom is -0.481 e. The molecule has 25 heavy (non-hydrogen) atoms. The van der Waals surface area contributed by atoms with Gasteiger partial charge in [0.2, 0.25) is 0 Å². The molecule has 1 N–H and O–H groups in total. The van der Waals surface area contributed by atoms with Crippen molar-refractivity contribution in [3.8, 4) is 11.8 Å². The molecule has 1 aliphatic heterocycles. The number of carbonyl (C=O) groups excluding carboxylic acids is 1. The number of hydrogen-bond acceptors (Lipinski definition) is 5. The molecule has 1 heterocycles. The number of rotatable bonds is 7. The molecular formula is C18H22N2O5. The highest BCUT2D eigenvalue weighted by molar-refractivity contribution is 5.82. The lowest BCUT2D eigenvalue weighted by Crippen LogP contribution is -2.49. The van der Waals surface area contributed by atoms with E-state index >= 15 is 0 Å². The first-order valence-corrected chi connectivity index (χ1v) is 8.28. The van der Waals surface area contributed by atoms with Gasteiger partial charge in [-0.25, -0.2) is 0 Å². The Balaban J connectivity index is 2.10. The number of nitrogens with zero attached hydrogens (tertiary/aromatic N) is 2. The predicted octanol–water partition coefficient (Wildman–Crippen LogP) is 1.81. The van der Waals surface area contributed by atoms with Crippen molar-refractivity contribution in [1.29, 1.82) is 5.26 Å². The largest absolute Gasteiger partial charge is 0.481 e. The van der Waals surface area contributed by atoms with Crippen LogP contribution in [0.2, 0.25) is 0 Å². The molecule has 1 amide bonds. The minimum atomic E-state index is -0.951. The van der Waals surface area contributed by atoms with Gasteiger partial charge < -0.3 is 19.5 Å². The number of benzene rings is 1. The fraction of sp³-hybridized carbons (Fsp3) is 0.500. The summed E-state index contributed by atoms with van der Waals surface area (Å²) in [5.74, 6) is -0.884. The normalized spacial score (nSPS) is 15.8. The Labute approximate surface area is 146 Å². The van der Waals surface area contributed by atoms with Gasteiger partial charge in [-0.15, -0.1) is 0 Å². The molecule has 1 aromatic carbocycles. The minimum absolute atomic E-state index is 0.0575. The van der Waals surface area contributed by atoms with Gasteiger partial charge in [-0.1, -0.05) is 12.1 Å². The summed E-state index contributed by atoms with van der Waals surface area (Å²) in [5, 5.41) is 18.1. The van der Waals surface area contributed by atoms with E-state index in [1.54, 1.807) is 36.1 Å². The molecule has 0 bridgehead atoms. The number of nitriles is 1. The van der Waals surface area contributed by atoms with Crippen LogP contribution in [-0.4, -0.2) is 53.8 Å². The maximum Gasteiger partial charge on any atom is 0.305 e. The van der Waals surface area contributed by atoms with Gasteiger partial charge in [-0.05, 0) is 31.9 Å². The number of para-hydroxylation sites is 1. The number of ether oxygens (including phenoxy) is 2. The van der Waals surface area contributed by atoms with Gasteiger partial charge in [0.15, 0.2) is 6.10 Å². The zero-order valence-corrected chi connectivity index (χ0v) is 14.2. The fourth-order valence-electron chi connectivity index (χ4n) is 2.82. The Morgan fingerprint density at radius 1 is 1.40 bits per heavy atom. The first kappa shape index (κ1) is 18.7. The molecule has 0 aliphatic carbocycles. The van der Waals surface area contributed by atoms with E-state index in [2.05, 4.69) is 0 Å². The van der Waals surface area contributed by atoms with Crippen molar-refractivity contribution in [2.75, 3.05) is 19.8 Å². The standard InChI is InChI=1S/C18H22N2O5/c1-13(25-16-5-3-2-4-14(16)12-19)18(23)20(9-6-17(21)22)15-7-10-24-11-8-15/h2-5,13,15H,6-11H2,1H3,(H,21,22). The predicted molar refractivity (Wildman–Crippen MR) is 89.1 cm³/mol. The quantitative estimate of drug-likeness (QED) is 0.808. The van der Waals surface area contributed by atoms with Crippen LogP contribution in [-0.2, 0) is 14.3 Å². The van der Waals surface area contributed by atoms with Gasteiger partial charge in [-0.2, -0.15) is 5.26 Å². The first-order valence-electron chi connectivity index (χ1n) is 8.28. The molecule has 1 saturated heterocycles. The number of hydrogen-bond donors (Lipinski definition) is 1. The molecule has 7 nitrogen and oxygen atoms in total. The van der Waals surface area contributed by atoms with E-state index in [9.17, 15) is 9.59 Å². The van der Waals surface area contributed by atoms with Crippen LogP contribution in [0.15, 0.2) is 24.3 Å². The van der Waals surface area contributed by atoms with Crippen molar-refractivity contribution in [2.24, 2.45) is 0 Å². The van der Waals surface area contributed by atoms with E-state index in [1.807, 2.05) is 6.07 Å². The third-order valence-electron chi connectivity index (χ3n) is 4.14. The second kappa shape index (κ2) is 9.04. The van der Waals surface area contributed by atoms with Crippen molar-refractivity contribution in [3.05, 3.63) is 29.8 Å². The summed E-state index contributed by atoms with van der Waals surface area (Å²) in [6.07, 6.45) is 0.413. The number of carbonyl (C=O) groups is 2. The molecule has 2 rings (SSSR count). The fourth-order valence-corrected chi connectivity index (χ4v) is 2.82. The highest BCUT2D eigenvalue weighted by atomic mass is 16.5. The van der Waals surface area contributed by atoms with Crippen molar-refractivity contribution in [1.82, 2.24) is 4.90 Å². The average Bonchev–Trinajstić information content (AvgIpc) is 2.62. The number of aliphatic carboxylic acids is 1. The van der Waals surface area contributed by atoms with Crippen molar-refractivity contribution >= 4 is 11.9 Å². The van der Waals surface area contributed by atoms with E-state index in [4.69, 9.17) is 19.8 Å². The second-order valence-electron chi connectivity index (χ2n) is 5.89. The Bertz CT molecular complexity index is 649. The maximum absolute atomic E-state index is 12.8. The van der Waals surface area contributed by atoms with Gasteiger partial charge >= 0.3 is 5.97 Å². The third kappa shape index (κ3) is 5.19. The van der Waals surface area contributed by atoms with Gasteiger partial charge in [-0.3, -0.25) is 9.59 Å². The SMILES string of the molecule is CC(Oc1ccccc1C#N)C(=O)N(CCC(=O)O)C1CCOCC1. The second-order valence-corrected chi connectivity index (χ2v) is 5.89. The molecule has 7 heteroatoms. The van der Waals surface area contributed by atoms with Crippen LogP contribution < -0.4 is 4.74 Å². The lowest BCUT2D eigenvalue weighted by molar-refractivity contribution is -0.144. The van der Waals surface area contributed by atoms with Crippen LogP contribution in [0.25, 0.3) is 0 Å². The lowest BCUT2D eigenvalue weighted by Gasteiger charge is -2.35. The molecule has 1 fully saturated rings. The summed E-state index contributed by atoms with van der Waals surface area (Å²) in [7, 11) is 0. The number of carboxylic acid groups (broad SMARTS) is 1. The zero-order valence-electron chi connectivity index (χ0n) is 14.2. The topological polar surface area (TPSA) is 99.9 Å². The summed E-state index contributed by atoms with van der Waals surface area (Å²) in [6, 6.07) is 8.68. The van der Waals surface area contributed by atoms with Crippen LogP contribution >= 0.6 is 0 Å². The Hall–Kier alpha value is -2.59. The van der Waals surface area contributed by atoms with Crippen LogP contribution in [0.5, 0.6) is 5.75 Å². The van der Waals surface area contributed by atoms with Crippen molar-refractivity contribution < 1.29 is 24.2 Å². The summed E-state index contributed by atoms with van der Waals surface area (Å²) in [5.41, 5.74) is 0.352. The Kier molecular flexibility index (Phi) is 6.78. The Morgan fingerprint density at radius 2 is 2.08 bits per heavy atom. The van der Waals surface area contributed by atoms with E-state index in [1.165, 1.54) is 0 Å². The van der Waals surface area contributed by atoms with Gasteiger partial charge in [0.05, 0.1) is 12.0 Å². The third-order valence-corrected chi connectivity index (χ3v) is 4.14. The summed E-state index contributed by atoms with van der Waals surface area (Å²) in [4.78, 5) is 25.3. The molecule has 1 atom stereocenters. The van der Waals surface area contributed by atoms with E-state index in [0.717, 1.165) is 0 Å². The van der Waals surface area contributed by atoms with Crippen molar-refractivity contribution in [2.45, 2.75) is 38.3 Å². The molecule has 0 saturated carbocycles.